The molecule has 1 atom stereocenters. The van der Waals surface area contributed by atoms with Crippen molar-refractivity contribution in [2.75, 3.05) is 7.11 Å². The maximum absolute atomic E-state index is 13.6. The molecule has 82 valence electrons. The van der Waals surface area contributed by atoms with Crippen molar-refractivity contribution in [1.29, 1.82) is 0 Å². The maximum atomic E-state index is 13.6. The minimum atomic E-state index is -2.74. The Morgan fingerprint density at radius 2 is 2.13 bits per heavy atom. The van der Waals surface area contributed by atoms with E-state index in [0.717, 1.165) is 19.1 Å². The zero-order valence-electron chi connectivity index (χ0n) is 8.25. The molecule has 5 heteroatoms. The highest BCUT2D eigenvalue weighted by atomic mass is 19.1. The first-order valence-corrected chi connectivity index (χ1v) is 4.16. The van der Waals surface area contributed by atoms with E-state index in [1.165, 1.54) is 13.2 Å². The molecule has 0 heterocycles. The Hall–Kier alpha value is -1.65. The van der Waals surface area contributed by atoms with Crippen molar-refractivity contribution in [2.24, 2.45) is 0 Å². The van der Waals surface area contributed by atoms with E-state index in [1.54, 1.807) is 0 Å². The van der Waals surface area contributed by atoms with E-state index in [9.17, 15) is 13.6 Å². The van der Waals surface area contributed by atoms with E-state index in [1.807, 2.05) is 0 Å². The molecule has 0 aliphatic rings. The smallest absolute Gasteiger partial charge is 0.346 e. The van der Waals surface area contributed by atoms with Gasteiger partial charge in [0.15, 0.2) is 0 Å². The lowest BCUT2D eigenvalue weighted by atomic mass is 9.97. The van der Waals surface area contributed by atoms with Gasteiger partial charge in [-0.15, -0.1) is 0 Å². The van der Waals surface area contributed by atoms with Crippen LogP contribution in [0.25, 0.3) is 0 Å². The number of carboxylic acids is 1. The average molecular weight is 216 g/mol. The second-order valence-corrected chi connectivity index (χ2v) is 3.15. The van der Waals surface area contributed by atoms with Gasteiger partial charge in [0.2, 0.25) is 5.67 Å². The lowest BCUT2D eigenvalue weighted by Crippen LogP contribution is -2.28. The summed E-state index contributed by atoms with van der Waals surface area (Å²) >= 11 is 0. The van der Waals surface area contributed by atoms with Crippen LogP contribution in [0.4, 0.5) is 8.78 Å². The molecule has 1 unspecified atom stereocenters. The van der Waals surface area contributed by atoms with Gasteiger partial charge in [0, 0.05) is 11.6 Å². The molecule has 15 heavy (non-hydrogen) atoms. The molecule has 0 aliphatic carbocycles. The Kier molecular flexibility index (Phi) is 2.93. The van der Waals surface area contributed by atoms with Gasteiger partial charge in [-0.05, 0) is 19.1 Å². The van der Waals surface area contributed by atoms with Gasteiger partial charge < -0.3 is 9.84 Å². The van der Waals surface area contributed by atoms with Crippen LogP contribution in [-0.2, 0) is 10.5 Å². The molecule has 0 spiro atoms. The molecule has 1 N–H and O–H groups in total. The Labute approximate surface area is 85.3 Å². The zero-order chi connectivity index (χ0) is 11.6. The predicted octanol–water partition coefficient (Wildman–Crippen LogP) is 2.10. The summed E-state index contributed by atoms with van der Waals surface area (Å²) in [5.41, 5.74) is -3.26. The maximum Gasteiger partial charge on any atom is 0.346 e. The van der Waals surface area contributed by atoms with Crippen LogP contribution >= 0.6 is 0 Å². The van der Waals surface area contributed by atoms with Crippen LogP contribution in [0, 0.1) is 5.82 Å². The summed E-state index contributed by atoms with van der Waals surface area (Å²) in [4.78, 5) is 10.6. The van der Waals surface area contributed by atoms with E-state index in [4.69, 9.17) is 9.84 Å². The van der Waals surface area contributed by atoms with Crippen molar-refractivity contribution < 1.29 is 23.4 Å². The van der Waals surface area contributed by atoms with Crippen LogP contribution in [0.2, 0.25) is 0 Å². The topological polar surface area (TPSA) is 46.5 Å². The molecule has 0 amide bonds. The SMILES string of the molecule is COc1ccc(C(C)(F)C(=O)O)c(F)c1. The summed E-state index contributed by atoms with van der Waals surface area (Å²) in [6, 6.07) is 3.30. The van der Waals surface area contributed by atoms with E-state index in [-0.39, 0.29) is 5.75 Å². The molecular weight excluding hydrogens is 206 g/mol. The van der Waals surface area contributed by atoms with Crippen LogP contribution in [0.5, 0.6) is 5.75 Å². The Morgan fingerprint density at radius 1 is 1.53 bits per heavy atom. The van der Waals surface area contributed by atoms with Crippen molar-refractivity contribution >= 4 is 5.97 Å². The fraction of sp³-hybridized carbons (Fsp3) is 0.300. The second kappa shape index (κ2) is 3.84. The van der Waals surface area contributed by atoms with Gasteiger partial charge >= 0.3 is 5.97 Å². The molecule has 0 fully saturated rings. The highest BCUT2D eigenvalue weighted by Crippen LogP contribution is 2.30. The quantitative estimate of drug-likeness (QED) is 0.841. The van der Waals surface area contributed by atoms with Crippen molar-refractivity contribution in [2.45, 2.75) is 12.6 Å². The molecule has 1 aromatic rings. The Bertz CT molecular complexity index is 388. The summed E-state index contributed by atoms with van der Waals surface area (Å²) < 4.78 is 31.6. The first-order valence-electron chi connectivity index (χ1n) is 4.16. The lowest BCUT2D eigenvalue weighted by Gasteiger charge is -2.16. The molecule has 3 nitrogen and oxygen atoms in total. The van der Waals surface area contributed by atoms with Gasteiger partial charge in [-0.3, -0.25) is 0 Å². The number of methoxy groups -OCH3 is 1. The molecule has 0 saturated heterocycles. The number of alkyl halides is 1. The lowest BCUT2D eigenvalue weighted by molar-refractivity contribution is -0.150. The molecule has 0 aliphatic heterocycles. The number of carbonyl (C=O) groups is 1. The summed E-state index contributed by atoms with van der Waals surface area (Å²) in [5.74, 6) is -2.47. The number of ether oxygens (including phenoxy) is 1. The predicted molar refractivity (Wildman–Crippen MR) is 49.0 cm³/mol. The summed E-state index contributed by atoms with van der Waals surface area (Å²) in [6.07, 6.45) is 0. The van der Waals surface area contributed by atoms with Gasteiger partial charge in [0.1, 0.15) is 11.6 Å². The standard InChI is InChI=1S/C10H10F2O3/c1-10(12,9(13)14)7-4-3-6(15-2)5-8(7)11/h3-5H,1-2H3,(H,13,14). The number of hydrogen-bond donors (Lipinski definition) is 1. The fourth-order valence-corrected chi connectivity index (χ4v) is 1.12. The minimum absolute atomic E-state index is 0.206. The normalized spacial score (nSPS) is 14.4. The van der Waals surface area contributed by atoms with E-state index >= 15 is 0 Å². The van der Waals surface area contributed by atoms with Crippen molar-refractivity contribution in [3.63, 3.8) is 0 Å². The number of carboxylic acid groups (broad SMARTS) is 1. The number of aliphatic carboxylic acids is 1. The zero-order valence-corrected chi connectivity index (χ0v) is 8.25. The second-order valence-electron chi connectivity index (χ2n) is 3.15. The van der Waals surface area contributed by atoms with Crippen LogP contribution in [0.1, 0.15) is 12.5 Å². The molecule has 1 aromatic carbocycles. The largest absolute Gasteiger partial charge is 0.497 e. The molecule has 0 radical (unpaired) electrons. The fourth-order valence-electron chi connectivity index (χ4n) is 1.12. The highest BCUT2D eigenvalue weighted by molar-refractivity contribution is 5.78. The summed E-state index contributed by atoms with van der Waals surface area (Å²) in [5, 5.41) is 8.57. The van der Waals surface area contributed by atoms with E-state index in [0.29, 0.717) is 0 Å². The third-order valence-corrected chi connectivity index (χ3v) is 2.08. The minimum Gasteiger partial charge on any atom is -0.497 e. The third-order valence-electron chi connectivity index (χ3n) is 2.08. The molecule has 1 rings (SSSR count). The van der Waals surface area contributed by atoms with Crippen molar-refractivity contribution in [3.05, 3.63) is 29.6 Å². The highest BCUT2D eigenvalue weighted by Gasteiger charge is 2.37. The molecule has 0 bridgehead atoms. The summed E-state index contributed by atoms with van der Waals surface area (Å²) in [7, 11) is 1.33. The number of hydrogen-bond acceptors (Lipinski definition) is 2. The average Bonchev–Trinajstić information content (AvgIpc) is 2.16. The number of benzene rings is 1. The van der Waals surface area contributed by atoms with Crippen LogP contribution in [-0.4, -0.2) is 18.2 Å². The van der Waals surface area contributed by atoms with Crippen molar-refractivity contribution in [3.8, 4) is 5.75 Å². The first-order chi connectivity index (χ1) is 6.89. The van der Waals surface area contributed by atoms with E-state index in [2.05, 4.69) is 0 Å². The van der Waals surface area contributed by atoms with Gasteiger partial charge in [0.25, 0.3) is 0 Å². The Morgan fingerprint density at radius 3 is 2.53 bits per heavy atom. The first kappa shape index (κ1) is 11.4. The van der Waals surface area contributed by atoms with Gasteiger partial charge in [-0.1, -0.05) is 0 Å². The van der Waals surface area contributed by atoms with Crippen LogP contribution < -0.4 is 4.74 Å². The molecular formula is C10H10F2O3. The van der Waals surface area contributed by atoms with Crippen LogP contribution in [0.3, 0.4) is 0 Å². The Balaban J connectivity index is 3.22. The summed E-state index contributed by atoms with van der Waals surface area (Å²) in [6.45, 7) is 0.792. The van der Waals surface area contributed by atoms with Gasteiger partial charge in [-0.2, -0.15) is 0 Å². The monoisotopic (exact) mass is 216 g/mol. The molecule has 0 saturated carbocycles. The van der Waals surface area contributed by atoms with Crippen molar-refractivity contribution in [1.82, 2.24) is 0 Å². The molecule has 0 aromatic heterocycles. The van der Waals surface area contributed by atoms with Gasteiger partial charge in [-0.25, -0.2) is 13.6 Å². The third kappa shape index (κ3) is 2.06. The number of rotatable bonds is 3. The number of halogens is 2. The van der Waals surface area contributed by atoms with Crippen LogP contribution in [0.15, 0.2) is 18.2 Å². The van der Waals surface area contributed by atoms with Gasteiger partial charge in [0.05, 0.1) is 7.11 Å². The van der Waals surface area contributed by atoms with E-state index < -0.39 is 23.0 Å².